The Kier molecular flexibility index (Phi) is 10.7. The quantitative estimate of drug-likeness (QED) is 0.332. The lowest BCUT2D eigenvalue weighted by Gasteiger charge is -2.31. The van der Waals surface area contributed by atoms with Gasteiger partial charge in [0.15, 0.2) is 5.96 Å². The molecule has 0 aromatic carbocycles. The summed E-state index contributed by atoms with van der Waals surface area (Å²) in [5, 5.41) is 0. The molecule has 1 aliphatic heterocycles. The topological polar surface area (TPSA) is 50.9 Å². The van der Waals surface area contributed by atoms with Crippen molar-refractivity contribution in [3.05, 3.63) is 0 Å². The highest BCUT2D eigenvalue weighted by Gasteiger charge is 2.17. The molecule has 1 aliphatic rings. The summed E-state index contributed by atoms with van der Waals surface area (Å²) in [6.45, 7) is 11.1. The molecule has 1 saturated heterocycles. The fraction of sp³-hybridized carbons (Fsp3) is 0.929. The van der Waals surface area contributed by atoms with E-state index in [1.165, 1.54) is 12.8 Å². The second-order valence-corrected chi connectivity index (χ2v) is 5.76. The minimum atomic E-state index is 0. The average Bonchev–Trinajstić information content (AvgIpc) is 2.33. The highest BCUT2D eigenvalue weighted by Crippen LogP contribution is 2.14. The summed E-state index contributed by atoms with van der Waals surface area (Å²) >= 11 is 0. The zero-order valence-corrected chi connectivity index (χ0v) is 14.9. The van der Waals surface area contributed by atoms with Crippen LogP contribution in [0.15, 0.2) is 4.99 Å². The van der Waals surface area contributed by atoms with Gasteiger partial charge in [-0.05, 0) is 31.1 Å². The van der Waals surface area contributed by atoms with Gasteiger partial charge >= 0.3 is 0 Å². The molecule has 0 aromatic rings. The van der Waals surface area contributed by atoms with Crippen LogP contribution in [0.1, 0.15) is 40.0 Å². The third-order valence-electron chi connectivity index (χ3n) is 3.15. The maximum absolute atomic E-state index is 6.01. The Balaban J connectivity index is 0.00000324. The molecule has 0 amide bonds. The molecular weight excluding hydrogens is 353 g/mol. The molecule has 4 nitrogen and oxygen atoms in total. The van der Waals surface area contributed by atoms with Crippen LogP contribution < -0.4 is 5.73 Å². The van der Waals surface area contributed by atoms with Crippen molar-refractivity contribution in [3.63, 3.8) is 0 Å². The van der Waals surface area contributed by atoms with Crippen LogP contribution in [0, 0.1) is 11.8 Å². The molecule has 0 aromatic heterocycles. The van der Waals surface area contributed by atoms with Crippen molar-refractivity contribution >= 4 is 29.9 Å². The standard InChI is InChI=1S/C14H29N3O.HI/c1-12(2)11-18-9-5-7-16-14(15)17-8-4-6-13(3)10-17;/h12-13H,4-11H2,1-3H3,(H2,15,16);1H. The molecule has 1 unspecified atom stereocenters. The van der Waals surface area contributed by atoms with E-state index in [9.17, 15) is 0 Å². The molecule has 0 radical (unpaired) electrons. The molecular formula is C14H30IN3O. The van der Waals surface area contributed by atoms with Crippen molar-refractivity contribution in [2.24, 2.45) is 22.6 Å². The van der Waals surface area contributed by atoms with Gasteiger partial charge in [-0.15, -0.1) is 24.0 Å². The lowest BCUT2D eigenvalue weighted by Crippen LogP contribution is -2.43. The van der Waals surface area contributed by atoms with Gasteiger partial charge in [-0.1, -0.05) is 20.8 Å². The Morgan fingerprint density at radius 3 is 2.84 bits per heavy atom. The predicted molar refractivity (Wildman–Crippen MR) is 92.1 cm³/mol. The van der Waals surface area contributed by atoms with Crippen LogP contribution in [0.5, 0.6) is 0 Å². The van der Waals surface area contributed by atoms with E-state index < -0.39 is 0 Å². The minimum absolute atomic E-state index is 0. The second-order valence-electron chi connectivity index (χ2n) is 5.76. The van der Waals surface area contributed by atoms with Crippen LogP contribution in [-0.4, -0.2) is 43.7 Å². The van der Waals surface area contributed by atoms with Gasteiger partial charge in [0, 0.05) is 32.8 Å². The number of piperidine rings is 1. The van der Waals surface area contributed by atoms with Crippen LogP contribution in [0.3, 0.4) is 0 Å². The number of hydrogen-bond donors (Lipinski definition) is 1. The molecule has 0 saturated carbocycles. The number of likely N-dealkylation sites (tertiary alicyclic amines) is 1. The highest BCUT2D eigenvalue weighted by molar-refractivity contribution is 14.0. The van der Waals surface area contributed by atoms with E-state index in [-0.39, 0.29) is 24.0 Å². The fourth-order valence-electron chi connectivity index (χ4n) is 2.18. The van der Waals surface area contributed by atoms with Crippen molar-refractivity contribution in [2.45, 2.75) is 40.0 Å². The van der Waals surface area contributed by atoms with E-state index >= 15 is 0 Å². The minimum Gasteiger partial charge on any atom is -0.381 e. The Morgan fingerprint density at radius 1 is 1.47 bits per heavy atom. The summed E-state index contributed by atoms with van der Waals surface area (Å²) in [4.78, 5) is 6.65. The number of halogens is 1. The Morgan fingerprint density at radius 2 is 2.21 bits per heavy atom. The maximum Gasteiger partial charge on any atom is 0.191 e. The first-order chi connectivity index (χ1) is 8.59. The molecule has 0 aliphatic carbocycles. The maximum atomic E-state index is 6.01. The number of nitrogens with zero attached hydrogens (tertiary/aromatic N) is 2. The zero-order chi connectivity index (χ0) is 13.4. The normalized spacial score (nSPS) is 20.5. The Hall–Kier alpha value is -0.0400. The monoisotopic (exact) mass is 383 g/mol. The van der Waals surface area contributed by atoms with Gasteiger partial charge in [0.05, 0.1) is 0 Å². The molecule has 114 valence electrons. The van der Waals surface area contributed by atoms with E-state index in [0.29, 0.717) is 11.9 Å². The lowest BCUT2D eigenvalue weighted by molar-refractivity contribution is 0.109. The second kappa shape index (κ2) is 10.7. The Bertz CT molecular complexity index is 259. The summed E-state index contributed by atoms with van der Waals surface area (Å²) in [6, 6.07) is 0. The van der Waals surface area contributed by atoms with Gasteiger partial charge in [0.1, 0.15) is 0 Å². The van der Waals surface area contributed by atoms with Crippen LogP contribution in [0.25, 0.3) is 0 Å². The first-order valence-electron chi connectivity index (χ1n) is 7.22. The number of ether oxygens (including phenoxy) is 1. The van der Waals surface area contributed by atoms with Gasteiger partial charge in [-0.3, -0.25) is 4.99 Å². The van der Waals surface area contributed by atoms with E-state index in [1.807, 2.05) is 0 Å². The van der Waals surface area contributed by atoms with Gasteiger partial charge in [0.2, 0.25) is 0 Å². The molecule has 1 fully saturated rings. The van der Waals surface area contributed by atoms with Crippen molar-refractivity contribution in [1.82, 2.24) is 4.90 Å². The molecule has 0 spiro atoms. The third kappa shape index (κ3) is 8.68. The summed E-state index contributed by atoms with van der Waals surface area (Å²) in [7, 11) is 0. The number of rotatable bonds is 6. The SMILES string of the molecule is CC(C)COCCCN=C(N)N1CCCC(C)C1.I. The van der Waals surface area contributed by atoms with E-state index in [4.69, 9.17) is 10.5 Å². The number of aliphatic imine (C=N–C) groups is 1. The van der Waals surface area contributed by atoms with Gasteiger partial charge in [-0.2, -0.15) is 0 Å². The summed E-state index contributed by atoms with van der Waals surface area (Å²) < 4.78 is 5.52. The number of guanidine groups is 1. The van der Waals surface area contributed by atoms with Crippen LogP contribution in [0.4, 0.5) is 0 Å². The van der Waals surface area contributed by atoms with Crippen LogP contribution in [-0.2, 0) is 4.74 Å². The van der Waals surface area contributed by atoms with Gasteiger partial charge in [0.25, 0.3) is 0 Å². The van der Waals surface area contributed by atoms with Gasteiger partial charge < -0.3 is 15.4 Å². The fourth-order valence-corrected chi connectivity index (χ4v) is 2.18. The number of nitrogens with two attached hydrogens (primary N) is 1. The number of hydrogen-bond acceptors (Lipinski definition) is 2. The average molecular weight is 383 g/mol. The van der Waals surface area contributed by atoms with Gasteiger partial charge in [-0.25, -0.2) is 0 Å². The van der Waals surface area contributed by atoms with E-state index in [1.54, 1.807) is 0 Å². The van der Waals surface area contributed by atoms with E-state index in [0.717, 1.165) is 45.2 Å². The molecule has 0 bridgehead atoms. The van der Waals surface area contributed by atoms with Crippen molar-refractivity contribution in [1.29, 1.82) is 0 Å². The largest absolute Gasteiger partial charge is 0.381 e. The Labute approximate surface area is 135 Å². The highest BCUT2D eigenvalue weighted by atomic mass is 127. The summed E-state index contributed by atoms with van der Waals surface area (Å²) in [6.07, 6.45) is 3.50. The summed E-state index contributed by atoms with van der Waals surface area (Å²) in [5.41, 5.74) is 6.01. The molecule has 5 heteroatoms. The van der Waals surface area contributed by atoms with Crippen LogP contribution in [0.2, 0.25) is 0 Å². The predicted octanol–water partition coefficient (Wildman–Crippen LogP) is 2.71. The van der Waals surface area contributed by atoms with E-state index in [2.05, 4.69) is 30.7 Å². The zero-order valence-electron chi connectivity index (χ0n) is 12.6. The first-order valence-corrected chi connectivity index (χ1v) is 7.22. The lowest BCUT2D eigenvalue weighted by atomic mass is 10.0. The molecule has 1 rings (SSSR count). The molecule has 19 heavy (non-hydrogen) atoms. The van der Waals surface area contributed by atoms with Crippen LogP contribution >= 0.6 is 24.0 Å². The molecule has 1 atom stereocenters. The van der Waals surface area contributed by atoms with Crippen molar-refractivity contribution < 1.29 is 4.74 Å². The van der Waals surface area contributed by atoms with Crippen molar-refractivity contribution in [3.8, 4) is 0 Å². The first kappa shape index (κ1) is 19.0. The van der Waals surface area contributed by atoms with Crippen molar-refractivity contribution in [2.75, 3.05) is 32.8 Å². The summed E-state index contributed by atoms with van der Waals surface area (Å²) in [5.74, 6) is 2.06. The molecule has 1 heterocycles. The smallest absolute Gasteiger partial charge is 0.191 e. The molecule has 2 N–H and O–H groups in total. The third-order valence-corrected chi connectivity index (χ3v) is 3.15.